The molecule has 0 saturated heterocycles. The molecule has 0 saturated carbocycles. The zero-order valence-corrected chi connectivity index (χ0v) is 10.5. The van der Waals surface area contributed by atoms with Gasteiger partial charge in [0.15, 0.2) is 0 Å². The molecule has 0 aliphatic carbocycles. The number of benzene rings is 1. The normalized spacial score (nSPS) is 12.4. The molecule has 4 nitrogen and oxygen atoms in total. The lowest BCUT2D eigenvalue weighted by Gasteiger charge is -2.15. The largest absolute Gasteiger partial charge is 0.494 e. The number of aliphatic hydroxyl groups is 1. The van der Waals surface area contributed by atoms with Crippen LogP contribution in [0.4, 0.5) is 0 Å². The molecule has 0 fully saturated rings. The lowest BCUT2D eigenvalue weighted by atomic mass is 10.2. The van der Waals surface area contributed by atoms with E-state index in [0.717, 1.165) is 11.3 Å². The van der Waals surface area contributed by atoms with Gasteiger partial charge in [0.05, 0.1) is 25.9 Å². The van der Waals surface area contributed by atoms with Crippen LogP contribution in [0, 0.1) is 0 Å². The minimum absolute atomic E-state index is 0.0217. The number of methoxy groups -OCH3 is 1. The van der Waals surface area contributed by atoms with E-state index in [2.05, 4.69) is 5.32 Å². The Bertz CT molecular complexity index is 300. The summed E-state index contributed by atoms with van der Waals surface area (Å²) in [5, 5.41) is 12.3. The second-order valence-corrected chi connectivity index (χ2v) is 3.79. The van der Waals surface area contributed by atoms with Gasteiger partial charge >= 0.3 is 0 Å². The van der Waals surface area contributed by atoms with Crippen molar-refractivity contribution in [2.45, 2.75) is 19.5 Å². The Morgan fingerprint density at radius 2 is 2.00 bits per heavy atom. The molecule has 0 bridgehead atoms. The Morgan fingerprint density at radius 1 is 1.29 bits per heavy atom. The summed E-state index contributed by atoms with van der Waals surface area (Å²) in [5.74, 6) is 0.881. The number of hydrogen-bond donors (Lipinski definition) is 2. The van der Waals surface area contributed by atoms with Crippen LogP contribution in [-0.4, -0.2) is 38.1 Å². The highest BCUT2D eigenvalue weighted by Gasteiger charge is 2.05. The van der Waals surface area contributed by atoms with Crippen molar-refractivity contribution in [3.63, 3.8) is 0 Å². The first-order valence-electron chi connectivity index (χ1n) is 5.85. The van der Waals surface area contributed by atoms with Crippen molar-refractivity contribution in [2.75, 3.05) is 26.9 Å². The van der Waals surface area contributed by atoms with Crippen LogP contribution < -0.4 is 10.1 Å². The van der Waals surface area contributed by atoms with E-state index in [0.29, 0.717) is 19.8 Å². The quantitative estimate of drug-likeness (QED) is 0.715. The number of nitrogens with one attached hydrogen (secondary N) is 1. The van der Waals surface area contributed by atoms with Gasteiger partial charge in [-0.25, -0.2) is 0 Å². The molecule has 0 amide bonds. The molecule has 4 heteroatoms. The number of aliphatic hydroxyl groups excluding tert-OH is 1. The van der Waals surface area contributed by atoms with E-state index in [9.17, 15) is 0 Å². The van der Waals surface area contributed by atoms with E-state index in [1.165, 1.54) is 0 Å². The SMILES string of the molecule is CCOc1ccc(CNC(CO)COC)cc1. The summed E-state index contributed by atoms with van der Waals surface area (Å²) in [6, 6.07) is 7.90. The fourth-order valence-corrected chi connectivity index (χ4v) is 1.51. The molecule has 1 aromatic carbocycles. The molecule has 0 spiro atoms. The highest BCUT2D eigenvalue weighted by molar-refractivity contribution is 5.27. The number of ether oxygens (including phenoxy) is 2. The summed E-state index contributed by atoms with van der Waals surface area (Å²) >= 11 is 0. The van der Waals surface area contributed by atoms with Crippen molar-refractivity contribution >= 4 is 0 Å². The Labute approximate surface area is 103 Å². The summed E-state index contributed by atoms with van der Waals surface area (Å²) in [4.78, 5) is 0. The summed E-state index contributed by atoms with van der Waals surface area (Å²) < 4.78 is 10.4. The minimum Gasteiger partial charge on any atom is -0.494 e. The van der Waals surface area contributed by atoms with Crippen LogP contribution in [0.5, 0.6) is 5.75 Å². The van der Waals surface area contributed by atoms with Crippen molar-refractivity contribution in [2.24, 2.45) is 0 Å². The van der Waals surface area contributed by atoms with Gasteiger partial charge in [0.2, 0.25) is 0 Å². The zero-order chi connectivity index (χ0) is 12.5. The smallest absolute Gasteiger partial charge is 0.119 e. The van der Waals surface area contributed by atoms with Crippen molar-refractivity contribution < 1.29 is 14.6 Å². The maximum Gasteiger partial charge on any atom is 0.119 e. The van der Waals surface area contributed by atoms with Crippen LogP contribution in [-0.2, 0) is 11.3 Å². The van der Waals surface area contributed by atoms with Crippen molar-refractivity contribution in [3.8, 4) is 5.75 Å². The lowest BCUT2D eigenvalue weighted by molar-refractivity contribution is 0.128. The monoisotopic (exact) mass is 239 g/mol. The lowest BCUT2D eigenvalue weighted by Crippen LogP contribution is -2.35. The second kappa shape index (κ2) is 8.06. The van der Waals surface area contributed by atoms with E-state index in [-0.39, 0.29) is 12.6 Å². The molecule has 17 heavy (non-hydrogen) atoms. The molecule has 1 aromatic rings. The van der Waals surface area contributed by atoms with Gasteiger partial charge in [-0.15, -0.1) is 0 Å². The molecule has 0 aromatic heterocycles. The Balaban J connectivity index is 2.40. The molecular weight excluding hydrogens is 218 g/mol. The molecule has 0 aliphatic heterocycles. The standard InChI is InChI=1S/C13H21NO3/c1-3-17-13-6-4-11(5-7-13)8-14-12(9-15)10-16-2/h4-7,12,14-15H,3,8-10H2,1-2H3. The zero-order valence-electron chi connectivity index (χ0n) is 10.5. The fourth-order valence-electron chi connectivity index (χ4n) is 1.51. The predicted octanol–water partition coefficient (Wildman–Crippen LogP) is 1.18. The van der Waals surface area contributed by atoms with Gasteiger partial charge in [-0.2, -0.15) is 0 Å². The van der Waals surface area contributed by atoms with Crippen LogP contribution in [0.15, 0.2) is 24.3 Å². The second-order valence-electron chi connectivity index (χ2n) is 3.79. The third-order valence-electron chi connectivity index (χ3n) is 2.42. The summed E-state index contributed by atoms with van der Waals surface area (Å²) in [7, 11) is 1.63. The van der Waals surface area contributed by atoms with E-state index < -0.39 is 0 Å². The molecule has 0 heterocycles. The molecule has 96 valence electrons. The molecule has 1 atom stereocenters. The summed E-state index contributed by atoms with van der Waals surface area (Å²) in [6.45, 7) is 3.93. The van der Waals surface area contributed by atoms with Crippen LogP contribution >= 0.6 is 0 Å². The van der Waals surface area contributed by atoms with Crippen LogP contribution in [0.1, 0.15) is 12.5 Å². The fraction of sp³-hybridized carbons (Fsp3) is 0.538. The molecule has 2 N–H and O–H groups in total. The van der Waals surface area contributed by atoms with Crippen molar-refractivity contribution in [1.29, 1.82) is 0 Å². The van der Waals surface area contributed by atoms with Crippen LogP contribution in [0.3, 0.4) is 0 Å². The maximum absolute atomic E-state index is 9.09. The molecule has 1 rings (SSSR count). The van der Waals surface area contributed by atoms with Crippen molar-refractivity contribution in [3.05, 3.63) is 29.8 Å². The van der Waals surface area contributed by atoms with Gasteiger partial charge in [0, 0.05) is 13.7 Å². The third kappa shape index (κ3) is 5.17. The van der Waals surface area contributed by atoms with E-state index in [1.54, 1.807) is 7.11 Å². The molecule has 0 aliphatic rings. The van der Waals surface area contributed by atoms with Crippen molar-refractivity contribution in [1.82, 2.24) is 5.32 Å². The van der Waals surface area contributed by atoms with Crippen LogP contribution in [0.25, 0.3) is 0 Å². The van der Waals surface area contributed by atoms with Gasteiger partial charge in [-0.3, -0.25) is 0 Å². The average molecular weight is 239 g/mol. The summed E-state index contributed by atoms with van der Waals surface area (Å²) in [5.41, 5.74) is 1.16. The first-order chi connectivity index (χ1) is 8.30. The van der Waals surface area contributed by atoms with Gasteiger partial charge in [-0.1, -0.05) is 12.1 Å². The Kier molecular flexibility index (Phi) is 6.62. The van der Waals surface area contributed by atoms with E-state index in [4.69, 9.17) is 14.6 Å². The van der Waals surface area contributed by atoms with E-state index in [1.807, 2.05) is 31.2 Å². The minimum atomic E-state index is -0.0217. The molecular formula is C13H21NO3. The summed E-state index contributed by atoms with van der Waals surface area (Å²) in [6.07, 6.45) is 0. The average Bonchev–Trinajstić information content (AvgIpc) is 2.36. The van der Waals surface area contributed by atoms with Gasteiger partial charge < -0.3 is 19.9 Å². The first kappa shape index (κ1) is 14.0. The highest BCUT2D eigenvalue weighted by atomic mass is 16.5. The van der Waals surface area contributed by atoms with E-state index >= 15 is 0 Å². The number of rotatable bonds is 8. The number of hydrogen-bond acceptors (Lipinski definition) is 4. The highest BCUT2D eigenvalue weighted by Crippen LogP contribution is 2.11. The molecule has 1 unspecified atom stereocenters. The van der Waals surface area contributed by atoms with Crippen LogP contribution in [0.2, 0.25) is 0 Å². The van der Waals surface area contributed by atoms with Gasteiger partial charge in [-0.05, 0) is 24.6 Å². The van der Waals surface area contributed by atoms with Gasteiger partial charge in [0.1, 0.15) is 5.75 Å². The van der Waals surface area contributed by atoms with Gasteiger partial charge in [0.25, 0.3) is 0 Å². The Hall–Kier alpha value is -1.10. The Morgan fingerprint density at radius 3 is 2.53 bits per heavy atom. The topological polar surface area (TPSA) is 50.7 Å². The third-order valence-corrected chi connectivity index (χ3v) is 2.42. The predicted molar refractivity (Wildman–Crippen MR) is 67.2 cm³/mol. The maximum atomic E-state index is 9.09. The molecule has 0 radical (unpaired) electrons. The first-order valence-corrected chi connectivity index (χ1v) is 5.85.